The van der Waals surface area contributed by atoms with Gasteiger partial charge in [0.1, 0.15) is 11.9 Å². The second kappa shape index (κ2) is 11.4. The fraction of sp³-hybridized carbons (Fsp3) is 0.241. The molecule has 1 atom stereocenters. The second-order valence-electron chi connectivity index (χ2n) is 8.91. The van der Waals surface area contributed by atoms with Crippen molar-refractivity contribution >= 4 is 28.6 Å². The third-order valence-corrected chi connectivity index (χ3v) is 5.93. The van der Waals surface area contributed by atoms with Gasteiger partial charge >= 0.3 is 5.97 Å². The number of nitrogens with zero attached hydrogens (tertiary/aromatic N) is 2. The molecule has 2 N–H and O–H groups in total. The Hall–Kier alpha value is -4.26. The molecule has 4 rings (SSSR count). The molecule has 7 nitrogen and oxygen atoms in total. The smallest absolute Gasteiger partial charge is 0.328 e. The largest absolute Gasteiger partial charge is 0.467 e. The van der Waals surface area contributed by atoms with E-state index < -0.39 is 6.04 Å². The number of nitrogens with one attached hydrogen (secondary N) is 2. The summed E-state index contributed by atoms with van der Waals surface area (Å²) in [5.41, 5.74) is 3.89. The Morgan fingerprint density at radius 3 is 2.22 bits per heavy atom. The number of amides is 1. The van der Waals surface area contributed by atoms with E-state index in [9.17, 15) is 9.59 Å². The molecule has 0 aliphatic heterocycles. The molecule has 0 radical (unpaired) electrons. The minimum absolute atomic E-state index is 0.0115. The third-order valence-electron chi connectivity index (χ3n) is 5.93. The molecule has 4 aromatic rings. The van der Waals surface area contributed by atoms with Crippen LogP contribution in [0.25, 0.3) is 22.0 Å². The Morgan fingerprint density at radius 1 is 0.861 bits per heavy atom. The average Bonchev–Trinajstić information content (AvgIpc) is 2.90. The molecule has 3 aromatic carbocycles. The molecule has 0 aliphatic carbocycles. The Morgan fingerprint density at radius 2 is 1.53 bits per heavy atom. The van der Waals surface area contributed by atoms with Crippen LogP contribution < -0.4 is 10.6 Å². The zero-order chi connectivity index (χ0) is 25.5. The van der Waals surface area contributed by atoms with Crippen molar-refractivity contribution in [1.82, 2.24) is 15.3 Å². The Bertz CT molecular complexity index is 1340. The van der Waals surface area contributed by atoms with Crippen molar-refractivity contribution in [2.75, 3.05) is 12.4 Å². The molecule has 0 saturated heterocycles. The maximum atomic E-state index is 12.6. The van der Waals surface area contributed by atoms with Crippen LogP contribution in [0.15, 0.2) is 78.9 Å². The Labute approximate surface area is 210 Å². The summed E-state index contributed by atoms with van der Waals surface area (Å²) in [7, 11) is 1.37. The maximum absolute atomic E-state index is 12.6. The van der Waals surface area contributed by atoms with E-state index in [0.717, 1.165) is 27.6 Å². The first-order valence-electron chi connectivity index (χ1n) is 12.0. The molecule has 1 amide bonds. The molecular formula is C29H30N4O3. The predicted octanol–water partition coefficient (Wildman–Crippen LogP) is 4.77. The van der Waals surface area contributed by atoms with Crippen LogP contribution in [-0.4, -0.2) is 35.0 Å². The zero-order valence-corrected chi connectivity index (χ0v) is 20.7. The van der Waals surface area contributed by atoms with Crippen LogP contribution in [0.5, 0.6) is 0 Å². The minimum atomic E-state index is -0.561. The highest BCUT2D eigenvalue weighted by molar-refractivity contribution is 5.91. The summed E-state index contributed by atoms with van der Waals surface area (Å²) in [5.74, 6) is 0.494. The van der Waals surface area contributed by atoms with Gasteiger partial charge in [-0.3, -0.25) is 4.79 Å². The zero-order valence-electron chi connectivity index (χ0n) is 20.7. The Kier molecular flexibility index (Phi) is 7.90. The number of ether oxygens (including phenoxy) is 1. The lowest BCUT2D eigenvalue weighted by Gasteiger charge is -2.21. The van der Waals surface area contributed by atoms with Crippen LogP contribution in [0, 0.1) is 5.92 Å². The van der Waals surface area contributed by atoms with Crippen LogP contribution in [0.1, 0.15) is 25.2 Å². The van der Waals surface area contributed by atoms with Crippen molar-refractivity contribution in [2.45, 2.75) is 32.9 Å². The molecule has 0 fully saturated rings. The van der Waals surface area contributed by atoms with E-state index in [-0.39, 0.29) is 30.8 Å². The molecule has 0 saturated carbocycles. The molecule has 1 heterocycles. The van der Waals surface area contributed by atoms with Gasteiger partial charge in [-0.05, 0) is 34.7 Å². The molecule has 1 aromatic heterocycles. The molecule has 0 unspecified atom stereocenters. The number of hydrogen-bond acceptors (Lipinski definition) is 6. The van der Waals surface area contributed by atoms with Crippen molar-refractivity contribution < 1.29 is 14.3 Å². The fourth-order valence-electron chi connectivity index (χ4n) is 3.96. The lowest BCUT2D eigenvalue weighted by atomic mass is 10.0. The monoisotopic (exact) mass is 482 g/mol. The van der Waals surface area contributed by atoms with Crippen LogP contribution in [0.4, 0.5) is 5.82 Å². The van der Waals surface area contributed by atoms with Gasteiger partial charge in [-0.1, -0.05) is 80.6 Å². The van der Waals surface area contributed by atoms with E-state index in [1.165, 1.54) is 7.11 Å². The van der Waals surface area contributed by atoms with E-state index in [0.29, 0.717) is 11.6 Å². The normalized spacial score (nSPS) is 11.8. The van der Waals surface area contributed by atoms with Gasteiger partial charge in [0.05, 0.1) is 25.6 Å². The van der Waals surface area contributed by atoms with E-state index in [1.807, 2.05) is 80.6 Å². The first kappa shape index (κ1) is 24.9. The number of benzene rings is 3. The molecule has 184 valence electrons. The highest BCUT2D eigenvalue weighted by Crippen LogP contribution is 2.23. The predicted molar refractivity (Wildman–Crippen MR) is 141 cm³/mol. The van der Waals surface area contributed by atoms with Gasteiger partial charge in [-0.2, -0.15) is 0 Å². The number of hydrogen-bond donors (Lipinski definition) is 2. The van der Waals surface area contributed by atoms with Gasteiger partial charge < -0.3 is 15.4 Å². The molecular weight excluding hydrogens is 452 g/mol. The van der Waals surface area contributed by atoms with Gasteiger partial charge in [-0.25, -0.2) is 14.8 Å². The quantitative estimate of drug-likeness (QED) is 0.334. The topological polar surface area (TPSA) is 93.2 Å². The number of carbonyl (C=O) groups is 2. The summed E-state index contributed by atoms with van der Waals surface area (Å²) < 4.78 is 4.95. The summed E-state index contributed by atoms with van der Waals surface area (Å²) in [5, 5.41) is 6.92. The van der Waals surface area contributed by atoms with Crippen LogP contribution in [0.2, 0.25) is 0 Å². The first-order valence-corrected chi connectivity index (χ1v) is 12.0. The van der Waals surface area contributed by atoms with E-state index in [2.05, 4.69) is 32.7 Å². The number of fused-ring (bicyclic) bond motifs is 1. The van der Waals surface area contributed by atoms with Crippen molar-refractivity contribution in [2.24, 2.45) is 5.92 Å². The summed E-state index contributed by atoms with van der Waals surface area (Å²) in [6.45, 7) is 4.04. The van der Waals surface area contributed by atoms with E-state index in [4.69, 9.17) is 4.74 Å². The Balaban J connectivity index is 1.45. The number of carbonyl (C=O) groups excluding carboxylic acids is 2. The summed E-state index contributed by atoms with van der Waals surface area (Å²) in [6.07, 6.45) is 0.255. The lowest BCUT2D eigenvalue weighted by Crippen LogP contribution is -2.36. The van der Waals surface area contributed by atoms with E-state index >= 15 is 0 Å². The number of anilines is 1. The highest BCUT2D eigenvalue weighted by Gasteiger charge is 2.24. The molecule has 0 spiro atoms. The summed E-state index contributed by atoms with van der Waals surface area (Å²) >= 11 is 0. The molecule has 7 heteroatoms. The lowest BCUT2D eigenvalue weighted by molar-refractivity contribution is -0.142. The SMILES string of the molecule is COC(=O)[C@@H](Nc1nc(CNC(=O)Cc2ccc(-c3ccccc3)cc2)nc2ccccc12)C(C)C. The van der Waals surface area contributed by atoms with Gasteiger partial charge in [0.25, 0.3) is 0 Å². The van der Waals surface area contributed by atoms with Crippen molar-refractivity contribution in [3.05, 3.63) is 90.3 Å². The first-order chi connectivity index (χ1) is 17.4. The maximum Gasteiger partial charge on any atom is 0.328 e. The van der Waals surface area contributed by atoms with Gasteiger partial charge in [-0.15, -0.1) is 0 Å². The number of para-hydroxylation sites is 1. The highest BCUT2D eigenvalue weighted by atomic mass is 16.5. The van der Waals surface area contributed by atoms with Gasteiger partial charge in [0.2, 0.25) is 5.91 Å². The molecule has 0 bridgehead atoms. The fourth-order valence-corrected chi connectivity index (χ4v) is 3.96. The molecule has 0 aliphatic rings. The van der Waals surface area contributed by atoms with Crippen LogP contribution in [0.3, 0.4) is 0 Å². The van der Waals surface area contributed by atoms with Crippen molar-refractivity contribution in [3.63, 3.8) is 0 Å². The van der Waals surface area contributed by atoms with Crippen molar-refractivity contribution in [1.29, 1.82) is 0 Å². The number of methoxy groups -OCH3 is 1. The summed E-state index contributed by atoms with van der Waals surface area (Å²) in [4.78, 5) is 34.1. The number of esters is 1. The van der Waals surface area contributed by atoms with Gasteiger partial charge in [0, 0.05) is 5.39 Å². The summed E-state index contributed by atoms with van der Waals surface area (Å²) in [6, 6.07) is 25.1. The molecule has 36 heavy (non-hydrogen) atoms. The number of aromatic nitrogens is 2. The van der Waals surface area contributed by atoms with E-state index in [1.54, 1.807) is 0 Å². The minimum Gasteiger partial charge on any atom is -0.467 e. The van der Waals surface area contributed by atoms with Crippen LogP contribution in [-0.2, 0) is 27.3 Å². The number of rotatable bonds is 9. The third kappa shape index (κ3) is 6.05. The van der Waals surface area contributed by atoms with Gasteiger partial charge in [0.15, 0.2) is 5.82 Å². The van der Waals surface area contributed by atoms with Crippen molar-refractivity contribution in [3.8, 4) is 11.1 Å². The average molecular weight is 483 g/mol. The van der Waals surface area contributed by atoms with Crippen LogP contribution >= 0.6 is 0 Å². The second-order valence-corrected chi connectivity index (χ2v) is 8.91. The standard InChI is InChI=1S/C29H30N4O3/c1-19(2)27(29(35)36-3)33-28-23-11-7-8-12-24(23)31-25(32-28)18-30-26(34)17-20-13-15-22(16-14-20)21-9-5-4-6-10-21/h4-16,19,27H,17-18H2,1-3H3,(H,30,34)(H,31,32,33)/t27-/m0/s1.